The van der Waals surface area contributed by atoms with Crippen molar-refractivity contribution in [2.45, 2.75) is 45.6 Å². The van der Waals surface area contributed by atoms with Gasteiger partial charge in [-0.2, -0.15) is 0 Å². The molecule has 5 heterocycles. The maximum atomic E-state index is 14.3. The molecule has 0 spiro atoms. The average Bonchev–Trinajstić information content (AvgIpc) is 3.63. The van der Waals surface area contributed by atoms with E-state index in [4.69, 9.17) is 26.0 Å². The van der Waals surface area contributed by atoms with Crippen LogP contribution in [0.25, 0.3) is 33.9 Å². The fraction of sp³-hybridized carbons (Fsp3) is 0.333. The molecule has 1 amide bonds. The predicted octanol–water partition coefficient (Wildman–Crippen LogP) is 5.90. The van der Waals surface area contributed by atoms with Gasteiger partial charge in [0.1, 0.15) is 22.8 Å². The van der Waals surface area contributed by atoms with Crippen LogP contribution in [-0.4, -0.2) is 66.6 Å². The number of tetrazole rings is 1. The van der Waals surface area contributed by atoms with E-state index in [0.29, 0.717) is 53.5 Å². The number of hydrogen-bond donors (Lipinski definition) is 1. The Bertz CT molecular complexity index is 1800. The molecule has 1 N–H and O–H groups in total. The molecule has 1 saturated heterocycles. The van der Waals surface area contributed by atoms with Crippen LogP contribution in [0.15, 0.2) is 52.9 Å². The summed E-state index contributed by atoms with van der Waals surface area (Å²) in [6.07, 6.45) is 0. The minimum Gasteiger partial charge on any atom is -0.449 e. The third kappa shape index (κ3) is 5.09. The number of pyridine rings is 2. The summed E-state index contributed by atoms with van der Waals surface area (Å²) in [5, 5.41) is 14.0. The van der Waals surface area contributed by atoms with Gasteiger partial charge in [-0.05, 0) is 60.0 Å². The summed E-state index contributed by atoms with van der Waals surface area (Å²) in [5.41, 5.74) is 2.89. The van der Waals surface area contributed by atoms with Crippen molar-refractivity contribution in [1.82, 2.24) is 35.5 Å². The van der Waals surface area contributed by atoms with Crippen LogP contribution in [0.1, 0.15) is 50.7 Å². The number of aromatic nitrogens is 6. The van der Waals surface area contributed by atoms with E-state index >= 15 is 0 Å². The summed E-state index contributed by atoms with van der Waals surface area (Å²) in [6.45, 7) is 11.8. The minimum atomic E-state index is -0.536. The molecular weight excluding hydrogens is 559 g/mol. The zero-order chi connectivity index (χ0) is 29.8. The number of carbonyl (C=O) groups excluding carboxylic acids is 1. The number of anilines is 1. The van der Waals surface area contributed by atoms with E-state index in [1.165, 1.54) is 12.1 Å². The van der Waals surface area contributed by atoms with Gasteiger partial charge in [-0.15, -0.1) is 5.10 Å². The highest BCUT2D eigenvalue weighted by atomic mass is 35.5. The Hall–Kier alpha value is -4.38. The minimum absolute atomic E-state index is 0.0467. The van der Waals surface area contributed by atoms with Gasteiger partial charge in [0.25, 0.3) is 5.91 Å². The van der Waals surface area contributed by atoms with Crippen molar-refractivity contribution in [3.8, 4) is 22.8 Å². The molecule has 42 heavy (non-hydrogen) atoms. The molecule has 0 unspecified atom stereocenters. The lowest BCUT2D eigenvalue weighted by molar-refractivity contribution is 0.0483. The maximum absolute atomic E-state index is 14.3. The normalized spacial score (nSPS) is 15.4. The Morgan fingerprint density at radius 2 is 1.88 bits per heavy atom. The number of amides is 1. The van der Waals surface area contributed by atoms with E-state index in [1.54, 1.807) is 12.1 Å². The van der Waals surface area contributed by atoms with Gasteiger partial charge in [0.15, 0.2) is 17.2 Å². The average molecular weight is 589 g/mol. The first-order chi connectivity index (χ1) is 19.9. The molecule has 6 rings (SSSR count). The number of furan rings is 1. The second kappa shape index (κ2) is 10.2. The molecule has 0 saturated carbocycles. The Labute approximate surface area is 246 Å². The molecule has 4 aromatic heterocycles. The summed E-state index contributed by atoms with van der Waals surface area (Å²) in [5.74, 6) is 0.739. The van der Waals surface area contributed by atoms with Crippen LogP contribution in [0.4, 0.5) is 10.2 Å². The van der Waals surface area contributed by atoms with Crippen molar-refractivity contribution in [3.05, 3.63) is 70.7 Å². The molecule has 12 heteroatoms. The number of rotatable bonds is 4. The molecule has 0 radical (unpaired) electrons. The fourth-order valence-corrected chi connectivity index (χ4v) is 5.46. The highest BCUT2D eigenvalue weighted by Gasteiger charge is 2.39. The number of nitrogens with one attached hydrogen (secondary N) is 1. The first-order valence-corrected chi connectivity index (χ1v) is 14.0. The zero-order valence-corrected chi connectivity index (χ0v) is 24.7. The van der Waals surface area contributed by atoms with Crippen molar-refractivity contribution < 1.29 is 13.6 Å². The van der Waals surface area contributed by atoms with E-state index in [1.807, 2.05) is 43.0 Å². The highest BCUT2D eigenvalue weighted by Crippen LogP contribution is 2.36. The van der Waals surface area contributed by atoms with E-state index in [2.05, 4.69) is 46.3 Å². The SMILES string of the molecule is CC(C)(C)c1cc(-c2ccc(Cl)c(F)c2)nc2cc(C(=O)N3CCN(c4cccc(-c5nnn[nH]5)n4)CC3(C)C)oc12. The summed E-state index contributed by atoms with van der Waals surface area (Å²) >= 11 is 5.91. The molecule has 0 bridgehead atoms. The number of nitrogens with zero attached hydrogens (tertiary/aromatic N) is 7. The lowest BCUT2D eigenvalue weighted by atomic mass is 9.86. The number of H-pyrrole nitrogens is 1. The summed E-state index contributed by atoms with van der Waals surface area (Å²) < 4.78 is 20.5. The third-order valence-corrected chi connectivity index (χ3v) is 7.81. The topological polar surface area (TPSA) is 117 Å². The van der Waals surface area contributed by atoms with Gasteiger partial charge < -0.3 is 14.2 Å². The number of aromatic amines is 1. The van der Waals surface area contributed by atoms with Gasteiger partial charge in [-0.25, -0.2) is 19.5 Å². The molecule has 1 aromatic carbocycles. The number of hydrogen-bond acceptors (Lipinski definition) is 8. The summed E-state index contributed by atoms with van der Waals surface area (Å²) in [7, 11) is 0. The smallest absolute Gasteiger partial charge is 0.290 e. The van der Waals surface area contributed by atoms with Crippen LogP contribution < -0.4 is 4.90 Å². The van der Waals surface area contributed by atoms with E-state index < -0.39 is 11.4 Å². The second-order valence-electron chi connectivity index (χ2n) is 12.1. The quantitative estimate of drug-likeness (QED) is 0.276. The Morgan fingerprint density at radius 3 is 2.57 bits per heavy atom. The van der Waals surface area contributed by atoms with E-state index in [-0.39, 0.29) is 22.1 Å². The van der Waals surface area contributed by atoms with Gasteiger partial charge in [-0.1, -0.05) is 44.5 Å². The number of benzene rings is 1. The Balaban J connectivity index is 1.30. The molecule has 1 aliphatic rings. The highest BCUT2D eigenvalue weighted by molar-refractivity contribution is 6.30. The molecule has 0 atom stereocenters. The third-order valence-electron chi connectivity index (χ3n) is 7.51. The van der Waals surface area contributed by atoms with Crippen molar-refractivity contribution >= 4 is 34.4 Å². The van der Waals surface area contributed by atoms with Crippen LogP contribution in [0.3, 0.4) is 0 Å². The van der Waals surface area contributed by atoms with Crippen LogP contribution in [0, 0.1) is 5.82 Å². The molecule has 216 valence electrons. The van der Waals surface area contributed by atoms with E-state index in [0.717, 1.165) is 11.4 Å². The first-order valence-electron chi connectivity index (χ1n) is 13.6. The van der Waals surface area contributed by atoms with E-state index in [9.17, 15) is 9.18 Å². The van der Waals surface area contributed by atoms with Gasteiger partial charge in [0, 0.05) is 36.8 Å². The molecule has 0 aliphatic carbocycles. The molecule has 5 aromatic rings. The zero-order valence-electron chi connectivity index (χ0n) is 23.9. The van der Waals surface area contributed by atoms with Crippen LogP contribution in [-0.2, 0) is 5.41 Å². The van der Waals surface area contributed by atoms with Crippen LogP contribution in [0.5, 0.6) is 0 Å². The van der Waals surface area contributed by atoms with Crippen molar-refractivity contribution in [3.63, 3.8) is 0 Å². The van der Waals surface area contributed by atoms with Gasteiger partial charge >= 0.3 is 0 Å². The largest absolute Gasteiger partial charge is 0.449 e. The maximum Gasteiger partial charge on any atom is 0.290 e. The summed E-state index contributed by atoms with van der Waals surface area (Å²) in [6, 6.07) is 13.9. The lowest BCUT2D eigenvalue weighted by Crippen LogP contribution is -2.61. The molecular formula is C30H30ClFN8O2. The molecule has 10 nitrogen and oxygen atoms in total. The Kier molecular flexibility index (Phi) is 6.72. The lowest BCUT2D eigenvalue weighted by Gasteiger charge is -2.47. The number of halogens is 2. The summed E-state index contributed by atoms with van der Waals surface area (Å²) in [4.78, 5) is 27.4. The fourth-order valence-electron chi connectivity index (χ4n) is 5.35. The van der Waals surface area contributed by atoms with Crippen molar-refractivity contribution in [1.29, 1.82) is 0 Å². The standard InChI is InChI=1S/C30H30ClFN8O2/c1-29(2,3)18-14-22(17-9-10-19(31)20(32)13-17)33-23-15-24(42-26(18)23)28(41)40-12-11-39(16-30(40,4)5)25-8-6-7-21(34-25)27-35-37-38-36-27/h6-10,13-15H,11-12,16H2,1-5H3,(H,35,36,37,38). The second-order valence-corrected chi connectivity index (χ2v) is 12.5. The predicted molar refractivity (Wildman–Crippen MR) is 158 cm³/mol. The van der Waals surface area contributed by atoms with Gasteiger partial charge in [0.05, 0.1) is 16.3 Å². The Morgan fingerprint density at radius 1 is 1.07 bits per heavy atom. The van der Waals surface area contributed by atoms with Crippen LogP contribution >= 0.6 is 11.6 Å². The number of carbonyl (C=O) groups is 1. The molecule has 1 aliphatic heterocycles. The molecule has 1 fully saturated rings. The van der Waals surface area contributed by atoms with Gasteiger partial charge in [-0.3, -0.25) is 4.79 Å². The van der Waals surface area contributed by atoms with Crippen LogP contribution in [0.2, 0.25) is 5.02 Å². The van der Waals surface area contributed by atoms with Crippen molar-refractivity contribution in [2.75, 3.05) is 24.5 Å². The number of fused-ring (bicyclic) bond motifs is 1. The van der Waals surface area contributed by atoms with Gasteiger partial charge in [0.2, 0.25) is 0 Å². The van der Waals surface area contributed by atoms with Crippen molar-refractivity contribution in [2.24, 2.45) is 0 Å². The monoisotopic (exact) mass is 588 g/mol. The first kappa shape index (κ1) is 27.8. The number of piperazine rings is 1.